The van der Waals surface area contributed by atoms with Crippen LogP contribution in [0.2, 0.25) is 0 Å². The number of nitrogens with zero attached hydrogens (tertiary/aromatic N) is 3. The van der Waals surface area contributed by atoms with Crippen molar-refractivity contribution in [1.82, 2.24) is 15.1 Å². The average Bonchev–Trinajstić information content (AvgIpc) is 2.91. The molecule has 2 aliphatic rings. The Balaban J connectivity index is 1.71. The van der Waals surface area contributed by atoms with Gasteiger partial charge in [0.05, 0.1) is 25.8 Å². The summed E-state index contributed by atoms with van der Waals surface area (Å²) >= 11 is 0. The predicted octanol–water partition coefficient (Wildman–Crippen LogP) is 0.266. The summed E-state index contributed by atoms with van der Waals surface area (Å²) in [5.74, 6) is 0.908. The van der Waals surface area contributed by atoms with Crippen LogP contribution in [0.4, 0.5) is 4.79 Å². The van der Waals surface area contributed by atoms with Crippen LogP contribution >= 0.6 is 0 Å². The Labute approximate surface area is 143 Å². The summed E-state index contributed by atoms with van der Waals surface area (Å²) < 4.78 is 10.7. The number of guanidine groups is 1. The summed E-state index contributed by atoms with van der Waals surface area (Å²) in [5.41, 5.74) is -0.467. The Bertz CT molecular complexity index is 450. The second-order valence-corrected chi connectivity index (χ2v) is 7.05. The average molecular weight is 342 g/mol. The number of nitrogens with one attached hydrogen (secondary N) is 1. The van der Waals surface area contributed by atoms with Crippen molar-refractivity contribution in [2.45, 2.75) is 38.8 Å². The van der Waals surface area contributed by atoms with Gasteiger partial charge in [-0.3, -0.25) is 4.99 Å². The van der Waals surface area contributed by atoms with E-state index in [0.29, 0.717) is 32.8 Å². The number of hydrogen-bond donors (Lipinski definition) is 2. The maximum absolute atomic E-state index is 12.2. The van der Waals surface area contributed by atoms with Crippen LogP contribution in [0.25, 0.3) is 0 Å². The topological polar surface area (TPSA) is 86.6 Å². The SMILES string of the molecule is CC(C)(C)OC(=O)N1CCN2C(NCCCOCCO)=NCC2C1. The molecule has 0 spiro atoms. The number of ether oxygens (including phenoxy) is 2. The van der Waals surface area contributed by atoms with Gasteiger partial charge in [-0.1, -0.05) is 0 Å². The Hall–Kier alpha value is -1.54. The minimum absolute atomic E-state index is 0.0593. The highest BCUT2D eigenvalue weighted by Gasteiger charge is 2.36. The lowest BCUT2D eigenvalue weighted by Gasteiger charge is -2.39. The quantitative estimate of drug-likeness (QED) is 0.674. The zero-order valence-corrected chi connectivity index (χ0v) is 15.0. The Morgan fingerprint density at radius 1 is 1.38 bits per heavy atom. The number of amides is 1. The summed E-state index contributed by atoms with van der Waals surface area (Å²) in [6, 6.07) is 0.222. The maximum Gasteiger partial charge on any atom is 0.410 e. The highest BCUT2D eigenvalue weighted by molar-refractivity contribution is 5.82. The highest BCUT2D eigenvalue weighted by atomic mass is 16.6. The molecule has 0 aliphatic carbocycles. The molecule has 0 aromatic carbocycles. The largest absolute Gasteiger partial charge is 0.444 e. The molecule has 0 radical (unpaired) electrons. The molecule has 1 amide bonds. The van der Waals surface area contributed by atoms with Gasteiger partial charge in [0.2, 0.25) is 0 Å². The number of aliphatic imine (C=N–C) groups is 1. The first kappa shape index (κ1) is 18.8. The summed E-state index contributed by atoms with van der Waals surface area (Å²) in [5, 5.41) is 12.0. The van der Waals surface area contributed by atoms with Crippen LogP contribution in [-0.4, -0.2) is 91.1 Å². The van der Waals surface area contributed by atoms with Crippen LogP contribution in [0.15, 0.2) is 4.99 Å². The van der Waals surface area contributed by atoms with Crippen LogP contribution in [0.1, 0.15) is 27.2 Å². The van der Waals surface area contributed by atoms with Crippen LogP contribution in [0, 0.1) is 0 Å². The lowest BCUT2D eigenvalue weighted by Crippen LogP contribution is -2.57. The summed E-state index contributed by atoms with van der Waals surface area (Å²) in [6.07, 6.45) is 0.617. The fraction of sp³-hybridized carbons (Fsp3) is 0.875. The van der Waals surface area contributed by atoms with Crippen molar-refractivity contribution in [3.63, 3.8) is 0 Å². The van der Waals surface area contributed by atoms with E-state index in [1.807, 2.05) is 20.8 Å². The number of piperazine rings is 1. The molecule has 0 bridgehead atoms. The third-order valence-corrected chi connectivity index (χ3v) is 3.84. The molecule has 8 nitrogen and oxygen atoms in total. The van der Waals surface area contributed by atoms with Crippen molar-refractivity contribution in [2.24, 2.45) is 4.99 Å². The Morgan fingerprint density at radius 3 is 2.88 bits per heavy atom. The van der Waals surface area contributed by atoms with Crippen molar-refractivity contribution in [3.05, 3.63) is 0 Å². The van der Waals surface area contributed by atoms with Crippen molar-refractivity contribution >= 4 is 12.1 Å². The van der Waals surface area contributed by atoms with Gasteiger partial charge in [-0.05, 0) is 27.2 Å². The molecule has 0 aromatic rings. The molecule has 2 N–H and O–H groups in total. The predicted molar refractivity (Wildman–Crippen MR) is 91.1 cm³/mol. The van der Waals surface area contributed by atoms with E-state index in [1.165, 1.54) is 0 Å². The molecule has 8 heteroatoms. The van der Waals surface area contributed by atoms with E-state index in [1.54, 1.807) is 4.90 Å². The second kappa shape index (κ2) is 8.53. The number of aliphatic hydroxyl groups excluding tert-OH is 1. The monoisotopic (exact) mass is 342 g/mol. The van der Waals surface area contributed by atoms with Crippen LogP contribution in [0.5, 0.6) is 0 Å². The van der Waals surface area contributed by atoms with E-state index in [-0.39, 0.29) is 18.7 Å². The smallest absolute Gasteiger partial charge is 0.410 e. The highest BCUT2D eigenvalue weighted by Crippen LogP contribution is 2.18. The Morgan fingerprint density at radius 2 is 2.17 bits per heavy atom. The van der Waals surface area contributed by atoms with E-state index < -0.39 is 5.60 Å². The van der Waals surface area contributed by atoms with E-state index in [4.69, 9.17) is 14.6 Å². The van der Waals surface area contributed by atoms with Gasteiger partial charge in [-0.25, -0.2) is 4.79 Å². The van der Waals surface area contributed by atoms with E-state index in [9.17, 15) is 4.79 Å². The van der Waals surface area contributed by atoms with Gasteiger partial charge >= 0.3 is 6.09 Å². The fourth-order valence-corrected chi connectivity index (χ4v) is 2.76. The number of fused-ring (bicyclic) bond motifs is 1. The molecular formula is C16H30N4O4. The van der Waals surface area contributed by atoms with Gasteiger partial charge in [0, 0.05) is 32.8 Å². The molecule has 1 atom stereocenters. The van der Waals surface area contributed by atoms with Gasteiger partial charge in [-0.15, -0.1) is 0 Å². The van der Waals surface area contributed by atoms with Crippen molar-refractivity contribution in [1.29, 1.82) is 0 Å². The first-order valence-electron chi connectivity index (χ1n) is 8.62. The van der Waals surface area contributed by atoms with Crippen molar-refractivity contribution in [3.8, 4) is 0 Å². The minimum Gasteiger partial charge on any atom is -0.444 e. The van der Waals surface area contributed by atoms with Gasteiger partial charge < -0.3 is 29.7 Å². The first-order chi connectivity index (χ1) is 11.4. The number of hydrogen-bond acceptors (Lipinski definition) is 7. The van der Waals surface area contributed by atoms with Crippen LogP contribution in [-0.2, 0) is 9.47 Å². The number of carbonyl (C=O) groups is 1. The molecule has 1 saturated heterocycles. The molecule has 0 aromatic heterocycles. The summed E-state index contributed by atoms with van der Waals surface area (Å²) in [4.78, 5) is 20.7. The van der Waals surface area contributed by atoms with E-state index in [0.717, 1.165) is 25.5 Å². The normalized spacial score (nSPS) is 20.7. The van der Waals surface area contributed by atoms with Crippen LogP contribution in [0.3, 0.4) is 0 Å². The van der Waals surface area contributed by atoms with Gasteiger partial charge in [0.1, 0.15) is 5.60 Å². The number of aliphatic hydroxyl groups is 1. The molecular weight excluding hydrogens is 312 g/mol. The van der Waals surface area contributed by atoms with Gasteiger partial charge in [0.15, 0.2) is 5.96 Å². The standard InChI is InChI=1S/C16H30N4O4/c1-16(2,3)24-15(22)19-6-7-20-13(12-19)11-18-14(20)17-5-4-9-23-10-8-21/h13,21H,4-12H2,1-3H3,(H,17,18). The lowest BCUT2D eigenvalue weighted by molar-refractivity contribution is 0.0137. The third kappa shape index (κ3) is 5.52. The van der Waals surface area contributed by atoms with Crippen LogP contribution < -0.4 is 5.32 Å². The molecule has 2 aliphatic heterocycles. The maximum atomic E-state index is 12.2. The van der Waals surface area contributed by atoms with E-state index in [2.05, 4.69) is 15.2 Å². The minimum atomic E-state index is -0.467. The Kier molecular flexibility index (Phi) is 6.68. The zero-order chi connectivity index (χ0) is 17.6. The third-order valence-electron chi connectivity index (χ3n) is 3.84. The second-order valence-electron chi connectivity index (χ2n) is 7.05. The van der Waals surface area contributed by atoms with Gasteiger partial charge in [-0.2, -0.15) is 0 Å². The van der Waals surface area contributed by atoms with Gasteiger partial charge in [0.25, 0.3) is 0 Å². The zero-order valence-electron chi connectivity index (χ0n) is 15.0. The molecule has 1 fully saturated rings. The van der Waals surface area contributed by atoms with Crippen molar-refractivity contribution < 1.29 is 19.4 Å². The molecule has 0 saturated carbocycles. The molecule has 24 heavy (non-hydrogen) atoms. The first-order valence-corrected chi connectivity index (χ1v) is 8.62. The summed E-state index contributed by atoms with van der Waals surface area (Å²) in [7, 11) is 0. The number of rotatable bonds is 6. The fourth-order valence-electron chi connectivity index (χ4n) is 2.76. The number of carbonyl (C=O) groups excluding carboxylic acids is 1. The molecule has 1 unspecified atom stereocenters. The molecule has 2 rings (SSSR count). The molecule has 138 valence electrons. The summed E-state index contributed by atoms with van der Waals surface area (Å²) in [6.45, 7) is 10.2. The van der Waals surface area contributed by atoms with E-state index >= 15 is 0 Å². The lowest BCUT2D eigenvalue weighted by atomic mass is 10.2. The molecule has 2 heterocycles. The van der Waals surface area contributed by atoms with Crippen molar-refractivity contribution in [2.75, 3.05) is 52.5 Å².